The standard InChI is InChI=1S/C16H18BrN3O4/c1-22-15(21)8-13-9-20(6-7-23-13)10-14-18-19-16(24-14)11-2-4-12(17)5-3-11/h2-5,13H,6-10H2,1H3/t13-/m0/s1. The summed E-state index contributed by atoms with van der Waals surface area (Å²) in [5.41, 5.74) is 0.877. The van der Waals surface area contributed by atoms with Crippen LogP contribution in [0.5, 0.6) is 0 Å². The molecule has 1 saturated heterocycles. The molecule has 0 N–H and O–H groups in total. The van der Waals surface area contributed by atoms with Gasteiger partial charge in [0.2, 0.25) is 11.8 Å². The third-order valence-corrected chi connectivity index (χ3v) is 4.29. The van der Waals surface area contributed by atoms with Gasteiger partial charge in [0.15, 0.2) is 0 Å². The summed E-state index contributed by atoms with van der Waals surface area (Å²) in [5.74, 6) is 0.778. The van der Waals surface area contributed by atoms with E-state index in [0.29, 0.717) is 31.5 Å². The molecule has 0 saturated carbocycles. The lowest BCUT2D eigenvalue weighted by atomic mass is 10.2. The molecule has 0 spiro atoms. The number of halogens is 1. The van der Waals surface area contributed by atoms with Gasteiger partial charge < -0.3 is 13.9 Å². The first-order chi connectivity index (χ1) is 11.6. The molecule has 1 aromatic heterocycles. The predicted octanol–water partition coefficient (Wildman–Crippen LogP) is 2.26. The number of hydrogen-bond acceptors (Lipinski definition) is 7. The second-order valence-electron chi connectivity index (χ2n) is 5.52. The number of carbonyl (C=O) groups is 1. The Balaban J connectivity index is 1.60. The van der Waals surface area contributed by atoms with Crippen LogP contribution in [0.25, 0.3) is 11.5 Å². The number of esters is 1. The highest BCUT2D eigenvalue weighted by Crippen LogP contribution is 2.21. The molecule has 0 bridgehead atoms. The quantitative estimate of drug-likeness (QED) is 0.718. The van der Waals surface area contributed by atoms with Crippen molar-refractivity contribution in [2.24, 2.45) is 0 Å². The second-order valence-corrected chi connectivity index (χ2v) is 6.43. The molecule has 2 aromatic rings. The number of ether oxygens (including phenoxy) is 2. The second kappa shape index (κ2) is 7.87. The zero-order valence-electron chi connectivity index (χ0n) is 13.3. The lowest BCUT2D eigenvalue weighted by Crippen LogP contribution is -2.42. The summed E-state index contributed by atoms with van der Waals surface area (Å²) in [6.07, 6.45) is 0.0844. The van der Waals surface area contributed by atoms with Crippen LogP contribution >= 0.6 is 15.9 Å². The van der Waals surface area contributed by atoms with E-state index in [1.165, 1.54) is 7.11 Å². The van der Waals surface area contributed by atoms with Crippen LogP contribution in [0.1, 0.15) is 12.3 Å². The van der Waals surface area contributed by atoms with Gasteiger partial charge in [0.1, 0.15) is 0 Å². The molecule has 1 atom stereocenters. The summed E-state index contributed by atoms with van der Waals surface area (Å²) in [6, 6.07) is 7.70. The van der Waals surface area contributed by atoms with E-state index in [1.54, 1.807) is 0 Å². The maximum atomic E-state index is 11.4. The molecular formula is C16H18BrN3O4. The number of rotatable bonds is 5. The van der Waals surface area contributed by atoms with Crippen molar-refractivity contribution in [3.63, 3.8) is 0 Å². The predicted molar refractivity (Wildman–Crippen MR) is 89.1 cm³/mol. The van der Waals surface area contributed by atoms with Gasteiger partial charge in [-0.2, -0.15) is 0 Å². The molecule has 3 rings (SSSR count). The molecule has 1 aromatic carbocycles. The summed E-state index contributed by atoms with van der Waals surface area (Å²) in [7, 11) is 1.38. The third kappa shape index (κ3) is 4.40. The average Bonchev–Trinajstić information content (AvgIpc) is 3.04. The largest absolute Gasteiger partial charge is 0.469 e. The Morgan fingerprint density at radius 2 is 2.17 bits per heavy atom. The summed E-state index contributed by atoms with van der Waals surface area (Å²) in [5, 5.41) is 8.21. The zero-order valence-corrected chi connectivity index (χ0v) is 14.9. The van der Waals surface area contributed by atoms with Crippen LogP contribution in [-0.2, 0) is 20.8 Å². The first kappa shape index (κ1) is 17.1. The molecule has 1 aliphatic rings. The van der Waals surface area contributed by atoms with Crippen molar-refractivity contribution >= 4 is 21.9 Å². The number of carbonyl (C=O) groups excluding carboxylic acids is 1. The van der Waals surface area contributed by atoms with Gasteiger partial charge >= 0.3 is 5.97 Å². The number of nitrogens with zero attached hydrogens (tertiary/aromatic N) is 3. The number of aromatic nitrogens is 2. The number of benzene rings is 1. The van der Waals surface area contributed by atoms with Crippen LogP contribution in [0, 0.1) is 0 Å². The fraction of sp³-hybridized carbons (Fsp3) is 0.438. The Hall–Kier alpha value is -1.77. The Kier molecular flexibility index (Phi) is 5.60. The van der Waals surface area contributed by atoms with E-state index in [-0.39, 0.29) is 18.5 Å². The van der Waals surface area contributed by atoms with E-state index in [9.17, 15) is 4.79 Å². The van der Waals surface area contributed by atoms with E-state index >= 15 is 0 Å². The lowest BCUT2D eigenvalue weighted by Gasteiger charge is -2.31. The molecule has 1 aliphatic heterocycles. The van der Waals surface area contributed by atoms with Crippen molar-refractivity contribution < 1.29 is 18.7 Å². The molecule has 24 heavy (non-hydrogen) atoms. The maximum Gasteiger partial charge on any atom is 0.308 e. The van der Waals surface area contributed by atoms with Gasteiger partial charge in [-0.15, -0.1) is 10.2 Å². The van der Waals surface area contributed by atoms with Crippen molar-refractivity contribution in [3.8, 4) is 11.5 Å². The fourth-order valence-electron chi connectivity index (χ4n) is 2.53. The first-order valence-electron chi connectivity index (χ1n) is 7.63. The van der Waals surface area contributed by atoms with Crippen LogP contribution in [0.2, 0.25) is 0 Å². The fourth-order valence-corrected chi connectivity index (χ4v) is 2.80. The summed E-state index contributed by atoms with van der Waals surface area (Å²) < 4.78 is 17.0. The van der Waals surface area contributed by atoms with Crippen molar-refractivity contribution in [3.05, 3.63) is 34.6 Å². The summed E-state index contributed by atoms with van der Waals surface area (Å²) in [4.78, 5) is 13.5. The van der Waals surface area contributed by atoms with Gasteiger partial charge in [0.25, 0.3) is 0 Å². The molecule has 0 amide bonds. The van der Waals surface area contributed by atoms with Gasteiger partial charge in [-0.05, 0) is 24.3 Å². The molecule has 7 nitrogen and oxygen atoms in total. The summed E-state index contributed by atoms with van der Waals surface area (Å²) in [6.45, 7) is 2.48. The number of methoxy groups -OCH3 is 1. The van der Waals surface area contributed by atoms with E-state index in [2.05, 4.69) is 35.8 Å². The minimum absolute atomic E-state index is 0.167. The van der Waals surface area contributed by atoms with Crippen LogP contribution < -0.4 is 0 Å². The SMILES string of the molecule is COC(=O)C[C@H]1CN(Cc2nnc(-c3ccc(Br)cc3)o2)CCO1. The Morgan fingerprint density at radius 1 is 1.38 bits per heavy atom. The highest BCUT2D eigenvalue weighted by Gasteiger charge is 2.24. The minimum atomic E-state index is -0.267. The van der Waals surface area contributed by atoms with E-state index in [4.69, 9.17) is 9.15 Å². The average molecular weight is 396 g/mol. The maximum absolute atomic E-state index is 11.4. The molecule has 2 heterocycles. The number of hydrogen-bond donors (Lipinski definition) is 0. The highest BCUT2D eigenvalue weighted by atomic mass is 79.9. The minimum Gasteiger partial charge on any atom is -0.469 e. The van der Waals surface area contributed by atoms with Crippen molar-refractivity contribution in [1.82, 2.24) is 15.1 Å². The zero-order chi connectivity index (χ0) is 16.9. The van der Waals surface area contributed by atoms with Gasteiger partial charge in [0, 0.05) is 23.1 Å². The molecule has 0 radical (unpaired) electrons. The van der Waals surface area contributed by atoms with Crippen molar-refractivity contribution in [2.75, 3.05) is 26.8 Å². The smallest absolute Gasteiger partial charge is 0.308 e. The highest BCUT2D eigenvalue weighted by molar-refractivity contribution is 9.10. The topological polar surface area (TPSA) is 77.7 Å². The molecule has 0 unspecified atom stereocenters. The lowest BCUT2D eigenvalue weighted by molar-refractivity contribution is -0.145. The van der Waals surface area contributed by atoms with Gasteiger partial charge in [-0.3, -0.25) is 9.69 Å². The van der Waals surface area contributed by atoms with E-state index in [0.717, 1.165) is 16.6 Å². The number of morpholine rings is 1. The molecule has 0 aliphatic carbocycles. The van der Waals surface area contributed by atoms with Crippen molar-refractivity contribution in [2.45, 2.75) is 19.1 Å². The van der Waals surface area contributed by atoms with Crippen LogP contribution in [0.3, 0.4) is 0 Å². The van der Waals surface area contributed by atoms with E-state index < -0.39 is 0 Å². The normalized spacial score (nSPS) is 18.5. The van der Waals surface area contributed by atoms with Crippen LogP contribution in [0.4, 0.5) is 0 Å². The molecule has 128 valence electrons. The van der Waals surface area contributed by atoms with Crippen LogP contribution in [-0.4, -0.2) is 54.0 Å². The Labute approximate surface area is 148 Å². The van der Waals surface area contributed by atoms with Gasteiger partial charge in [0.05, 0.1) is 32.8 Å². The Bertz CT molecular complexity index is 689. The van der Waals surface area contributed by atoms with Gasteiger partial charge in [-0.25, -0.2) is 0 Å². The molecule has 8 heteroatoms. The molecule has 1 fully saturated rings. The third-order valence-electron chi connectivity index (χ3n) is 3.76. The first-order valence-corrected chi connectivity index (χ1v) is 8.42. The van der Waals surface area contributed by atoms with Gasteiger partial charge in [-0.1, -0.05) is 15.9 Å². The van der Waals surface area contributed by atoms with Crippen molar-refractivity contribution in [1.29, 1.82) is 0 Å². The summed E-state index contributed by atoms with van der Waals surface area (Å²) >= 11 is 3.40. The Morgan fingerprint density at radius 3 is 2.92 bits per heavy atom. The monoisotopic (exact) mass is 395 g/mol. The van der Waals surface area contributed by atoms with Crippen LogP contribution in [0.15, 0.2) is 33.2 Å². The molecular weight excluding hydrogens is 378 g/mol. The van der Waals surface area contributed by atoms with E-state index in [1.807, 2.05) is 24.3 Å².